The summed E-state index contributed by atoms with van der Waals surface area (Å²) in [4.78, 5) is 18.7. The van der Waals surface area contributed by atoms with Crippen molar-refractivity contribution in [2.45, 2.75) is 32.0 Å². The summed E-state index contributed by atoms with van der Waals surface area (Å²) in [7, 11) is 1.58. The first-order valence-corrected chi connectivity index (χ1v) is 8.92. The number of urea groups is 1. The molecule has 1 unspecified atom stereocenters. The van der Waals surface area contributed by atoms with Gasteiger partial charge in [-0.25, -0.2) is 9.78 Å². The highest BCUT2D eigenvalue weighted by Gasteiger charge is 2.22. The lowest BCUT2D eigenvalue weighted by atomic mass is 10.2. The smallest absolute Gasteiger partial charge is 0.318 e. The minimum absolute atomic E-state index is 0.0971. The topological polar surface area (TPSA) is 63.7 Å². The van der Waals surface area contributed by atoms with Gasteiger partial charge in [0.2, 0.25) is 5.88 Å². The monoisotopic (exact) mass is 355 g/mol. The standard InChI is InChI=1S/C20H25N3O3/c1-25-19-10-9-17(12-21-19)13-22-20(24)23(15-18-8-5-11-26-18)14-16-6-3-2-4-7-16/h2-4,6-7,9-10,12,18H,5,8,11,13-15H2,1H3,(H,22,24). The van der Waals surface area contributed by atoms with Gasteiger partial charge in [-0.3, -0.25) is 0 Å². The van der Waals surface area contributed by atoms with Crippen molar-refractivity contribution in [3.8, 4) is 5.88 Å². The fourth-order valence-electron chi connectivity index (χ4n) is 2.98. The molecule has 6 heteroatoms. The van der Waals surface area contributed by atoms with E-state index in [1.165, 1.54) is 0 Å². The molecule has 1 atom stereocenters. The van der Waals surface area contributed by atoms with Crippen LogP contribution < -0.4 is 10.1 Å². The van der Waals surface area contributed by atoms with Crippen LogP contribution in [-0.4, -0.2) is 42.3 Å². The number of aromatic nitrogens is 1. The Morgan fingerprint density at radius 2 is 2.12 bits per heavy atom. The lowest BCUT2D eigenvalue weighted by molar-refractivity contribution is 0.0794. The summed E-state index contributed by atoms with van der Waals surface area (Å²) in [6.07, 6.45) is 3.89. The molecule has 0 radical (unpaired) electrons. The zero-order valence-corrected chi connectivity index (χ0v) is 15.1. The van der Waals surface area contributed by atoms with Crippen molar-refractivity contribution < 1.29 is 14.3 Å². The first-order chi connectivity index (χ1) is 12.7. The maximum atomic E-state index is 12.7. The van der Waals surface area contributed by atoms with Crippen molar-refractivity contribution >= 4 is 6.03 Å². The molecule has 0 aliphatic carbocycles. The Hall–Kier alpha value is -2.60. The second kappa shape index (κ2) is 9.20. The van der Waals surface area contributed by atoms with Gasteiger partial charge in [0.25, 0.3) is 0 Å². The molecule has 1 fully saturated rings. The van der Waals surface area contributed by atoms with Gasteiger partial charge in [0, 0.05) is 38.5 Å². The highest BCUT2D eigenvalue weighted by Crippen LogP contribution is 2.15. The van der Waals surface area contributed by atoms with Crippen LogP contribution in [0.4, 0.5) is 4.79 Å². The summed E-state index contributed by atoms with van der Waals surface area (Å²) < 4.78 is 10.8. The number of carbonyl (C=O) groups excluding carboxylic acids is 1. The van der Waals surface area contributed by atoms with Gasteiger partial charge in [-0.2, -0.15) is 0 Å². The lowest BCUT2D eigenvalue weighted by Gasteiger charge is -2.26. The third kappa shape index (κ3) is 5.20. The molecular weight excluding hydrogens is 330 g/mol. The number of nitrogens with zero attached hydrogens (tertiary/aromatic N) is 2. The summed E-state index contributed by atoms with van der Waals surface area (Å²) in [6, 6.07) is 13.6. The molecule has 3 rings (SSSR count). The van der Waals surface area contributed by atoms with Gasteiger partial charge in [-0.1, -0.05) is 36.4 Å². The van der Waals surface area contributed by atoms with Gasteiger partial charge in [-0.15, -0.1) is 0 Å². The highest BCUT2D eigenvalue weighted by atomic mass is 16.5. The molecular formula is C20H25N3O3. The number of nitrogens with one attached hydrogen (secondary N) is 1. The Kier molecular flexibility index (Phi) is 6.44. The number of pyridine rings is 1. The lowest BCUT2D eigenvalue weighted by Crippen LogP contribution is -2.43. The van der Waals surface area contributed by atoms with Gasteiger partial charge in [-0.05, 0) is 24.0 Å². The first-order valence-electron chi connectivity index (χ1n) is 8.92. The zero-order valence-electron chi connectivity index (χ0n) is 15.1. The molecule has 1 aromatic heterocycles. The largest absolute Gasteiger partial charge is 0.481 e. The van der Waals surface area contributed by atoms with Crippen LogP contribution >= 0.6 is 0 Å². The molecule has 2 aromatic rings. The fraction of sp³-hybridized carbons (Fsp3) is 0.400. The second-order valence-corrected chi connectivity index (χ2v) is 6.37. The van der Waals surface area contributed by atoms with Crippen LogP contribution in [-0.2, 0) is 17.8 Å². The molecule has 1 aromatic carbocycles. The zero-order chi connectivity index (χ0) is 18.2. The van der Waals surface area contributed by atoms with E-state index in [4.69, 9.17) is 9.47 Å². The fourth-order valence-corrected chi connectivity index (χ4v) is 2.98. The van der Waals surface area contributed by atoms with Gasteiger partial charge >= 0.3 is 6.03 Å². The Labute approximate surface area is 154 Å². The Morgan fingerprint density at radius 3 is 2.77 bits per heavy atom. The third-order valence-electron chi connectivity index (χ3n) is 4.40. The van der Waals surface area contributed by atoms with Crippen molar-refractivity contribution in [1.82, 2.24) is 15.2 Å². The van der Waals surface area contributed by atoms with Crippen molar-refractivity contribution in [3.05, 3.63) is 59.8 Å². The SMILES string of the molecule is COc1ccc(CNC(=O)N(Cc2ccccc2)CC2CCCO2)cn1. The Morgan fingerprint density at radius 1 is 1.27 bits per heavy atom. The molecule has 0 spiro atoms. The van der Waals surface area contributed by atoms with Crippen molar-refractivity contribution in [2.24, 2.45) is 0 Å². The van der Waals surface area contributed by atoms with E-state index >= 15 is 0 Å². The van der Waals surface area contributed by atoms with E-state index < -0.39 is 0 Å². The molecule has 1 aliphatic heterocycles. The Balaban J connectivity index is 1.60. The van der Waals surface area contributed by atoms with E-state index in [1.807, 2.05) is 41.3 Å². The summed E-state index contributed by atoms with van der Waals surface area (Å²) in [6.45, 7) is 2.37. The molecule has 1 aliphatic rings. The predicted octanol–water partition coefficient (Wildman–Crippen LogP) is 2.98. The number of amides is 2. The number of hydrogen-bond acceptors (Lipinski definition) is 4. The second-order valence-electron chi connectivity index (χ2n) is 6.37. The van der Waals surface area contributed by atoms with E-state index in [1.54, 1.807) is 19.4 Å². The normalized spacial score (nSPS) is 16.3. The van der Waals surface area contributed by atoms with E-state index in [0.717, 1.165) is 30.6 Å². The number of carbonyl (C=O) groups is 1. The van der Waals surface area contributed by atoms with Crippen molar-refractivity contribution in [2.75, 3.05) is 20.3 Å². The third-order valence-corrected chi connectivity index (χ3v) is 4.40. The van der Waals surface area contributed by atoms with Crippen LogP contribution in [0.25, 0.3) is 0 Å². The minimum atomic E-state index is -0.0971. The molecule has 138 valence electrons. The predicted molar refractivity (Wildman–Crippen MR) is 98.9 cm³/mol. The maximum absolute atomic E-state index is 12.7. The average molecular weight is 355 g/mol. The van der Waals surface area contributed by atoms with E-state index in [-0.39, 0.29) is 12.1 Å². The van der Waals surface area contributed by atoms with Gasteiger partial charge in [0.1, 0.15) is 0 Å². The van der Waals surface area contributed by atoms with Gasteiger partial charge in [0.05, 0.1) is 13.2 Å². The van der Waals surface area contributed by atoms with E-state index in [0.29, 0.717) is 25.5 Å². The van der Waals surface area contributed by atoms with Crippen LogP contribution in [0.1, 0.15) is 24.0 Å². The number of methoxy groups -OCH3 is 1. The summed E-state index contributed by atoms with van der Waals surface area (Å²) >= 11 is 0. The average Bonchev–Trinajstić information content (AvgIpc) is 3.20. The van der Waals surface area contributed by atoms with Crippen LogP contribution in [0.5, 0.6) is 5.88 Å². The van der Waals surface area contributed by atoms with Crippen molar-refractivity contribution in [3.63, 3.8) is 0 Å². The Bertz CT molecular complexity index is 685. The summed E-state index contributed by atoms with van der Waals surface area (Å²) in [5, 5.41) is 2.98. The summed E-state index contributed by atoms with van der Waals surface area (Å²) in [5.74, 6) is 0.559. The number of benzene rings is 1. The van der Waals surface area contributed by atoms with Crippen LogP contribution in [0, 0.1) is 0 Å². The first kappa shape index (κ1) is 18.2. The van der Waals surface area contributed by atoms with Crippen LogP contribution in [0.15, 0.2) is 48.7 Å². The van der Waals surface area contributed by atoms with Gasteiger partial charge < -0.3 is 19.7 Å². The number of hydrogen-bond donors (Lipinski definition) is 1. The maximum Gasteiger partial charge on any atom is 0.318 e. The van der Waals surface area contributed by atoms with Crippen molar-refractivity contribution in [1.29, 1.82) is 0 Å². The minimum Gasteiger partial charge on any atom is -0.481 e. The highest BCUT2D eigenvalue weighted by molar-refractivity contribution is 5.74. The van der Waals surface area contributed by atoms with Crippen LogP contribution in [0.2, 0.25) is 0 Å². The van der Waals surface area contributed by atoms with Crippen LogP contribution in [0.3, 0.4) is 0 Å². The number of rotatable bonds is 7. The van der Waals surface area contributed by atoms with E-state index in [2.05, 4.69) is 10.3 Å². The van der Waals surface area contributed by atoms with Gasteiger partial charge in [0.15, 0.2) is 0 Å². The molecule has 2 amide bonds. The quantitative estimate of drug-likeness (QED) is 0.829. The molecule has 1 N–H and O–H groups in total. The molecule has 0 saturated carbocycles. The molecule has 26 heavy (non-hydrogen) atoms. The molecule has 2 heterocycles. The molecule has 6 nitrogen and oxygen atoms in total. The number of ether oxygens (including phenoxy) is 2. The summed E-state index contributed by atoms with van der Waals surface area (Å²) in [5.41, 5.74) is 2.03. The van der Waals surface area contributed by atoms with E-state index in [9.17, 15) is 4.79 Å². The molecule has 1 saturated heterocycles. The molecule has 0 bridgehead atoms.